The van der Waals surface area contributed by atoms with Gasteiger partial charge in [-0.15, -0.1) is 0 Å². The molecule has 0 bridgehead atoms. The number of nitrogens with one attached hydrogen (secondary N) is 1. The molecule has 1 fully saturated rings. The molecule has 1 aromatic heterocycles. The van der Waals surface area contributed by atoms with Gasteiger partial charge in [0.05, 0.1) is 23.4 Å². The van der Waals surface area contributed by atoms with Crippen LogP contribution >= 0.6 is 22.6 Å². The molecule has 11 heteroatoms. The van der Waals surface area contributed by atoms with Gasteiger partial charge in [-0.3, -0.25) is 15.0 Å². The lowest BCUT2D eigenvalue weighted by Gasteiger charge is -2.34. The molecule has 1 saturated heterocycles. The smallest absolute Gasteiger partial charge is 0.240 e. The topological polar surface area (TPSA) is 126 Å². The summed E-state index contributed by atoms with van der Waals surface area (Å²) in [5.41, 5.74) is 7.09. The van der Waals surface area contributed by atoms with Gasteiger partial charge in [0.1, 0.15) is 11.5 Å². The fourth-order valence-electron chi connectivity index (χ4n) is 3.72. The average molecular weight is 584 g/mol. The average Bonchev–Trinajstić information content (AvgIpc) is 2.80. The van der Waals surface area contributed by atoms with Gasteiger partial charge in [-0.2, -0.15) is 4.98 Å². The third-order valence-electron chi connectivity index (χ3n) is 5.62. The van der Waals surface area contributed by atoms with Crippen molar-refractivity contribution in [2.45, 2.75) is 26.2 Å². The van der Waals surface area contributed by atoms with Crippen molar-refractivity contribution in [3.05, 3.63) is 27.5 Å². The van der Waals surface area contributed by atoms with E-state index in [4.69, 9.17) is 20.3 Å². The Bertz CT molecular complexity index is 982. The molecule has 0 radical (unpaired) electrons. The highest BCUT2D eigenvalue weighted by Crippen LogP contribution is 2.37. The lowest BCUT2D eigenvalue weighted by Crippen LogP contribution is -2.48. The normalized spacial score (nSPS) is 14.9. The van der Waals surface area contributed by atoms with Gasteiger partial charge in [-0.25, -0.2) is 4.98 Å². The van der Waals surface area contributed by atoms with Crippen LogP contribution in [0.1, 0.15) is 31.7 Å². The van der Waals surface area contributed by atoms with Crippen molar-refractivity contribution < 1.29 is 19.4 Å². The molecule has 3 rings (SSSR count). The maximum Gasteiger partial charge on any atom is 0.240 e. The number of halogens is 1. The fraction of sp³-hybridized carbons (Fsp3) is 0.522. The molecule has 0 unspecified atom stereocenters. The number of aliphatic hydroxyl groups excluding tert-OH is 1. The highest BCUT2D eigenvalue weighted by Gasteiger charge is 2.20. The summed E-state index contributed by atoms with van der Waals surface area (Å²) < 4.78 is 12.4. The molecule has 4 N–H and O–H groups in total. The van der Waals surface area contributed by atoms with Crippen LogP contribution in [0.3, 0.4) is 0 Å². The molecule has 0 aliphatic carbocycles. The third kappa shape index (κ3) is 7.14. The Hall–Kier alpha value is -2.22. The minimum Gasteiger partial charge on any atom is -0.496 e. The Kier molecular flexibility index (Phi) is 9.68. The van der Waals surface area contributed by atoms with Crippen LogP contribution in [0.4, 0.5) is 11.8 Å². The summed E-state index contributed by atoms with van der Waals surface area (Å²) in [6.45, 7) is 8.85. The van der Waals surface area contributed by atoms with E-state index in [0.29, 0.717) is 11.5 Å². The van der Waals surface area contributed by atoms with E-state index in [2.05, 4.69) is 61.5 Å². The van der Waals surface area contributed by atoms with Gasteiger partial charge in [-0.05, 0) is 47.1 Å². The SMILES string of the molecule is COc1cc(C(C)C)c(Oc2cnc(NC(=O)CN3CCN(CCCO)CC3)nc2N)cc1I. The Balaban J connectivity index is 1.59. The van der Waals surface area contributed by atoms with Crippen molar-refractivity contribution in [3.8, 4) is 17.2 Å². The number of benzene rings is 1. The Morgan fingerprint density at radius 2 is 1.91 bits per heavy atom. The Morgan fingerprint density at radius 3 is 2.53 bits per heavy atom. The number of carbonyl (C=O) groups excluding carboxylic acids is 1. The van der Waals surface area contributed by atoms with Crippen molar-refractivity contribution in [2.75, 3.05) is 64.0 Å². The van der Waals surface area contributed by atoms with E-state index in [1.165, 1.54) is 6.20 Å². The van der Waals surface area contributed by atoms with Crippen LogP contribution in [0.25, 0.3) is 0 Å². The third-order valence-corrected chi connectivity index (χ3v) is 6.47. The molecule has 2 heterocycles. The zero-order chi connectivity index (χ0) is 24.7. The number of piperazine rings is 1. The highest BCUT2D eigenvalue weighted by molar-refractivity contribution is 14.1. The molecular formula is C23H33IN6O4. The monoisotopic (exact) mass is 584 g/mol. The Morgan fingerprint density at radius 1 is 1.21 bits per heavy atom. The number of aliphatic hydroxyl groups is 1. The standard InChI is InChI=1S/C23H33IN6O4/c1-15(2)16-11-19(33-3)17(24)12-18(16)34-20-13-26-23(28-22(20)25)27-21(32)14-30-8-6-29(7-9-30)5-4-10-31/h11-13,15,31H,4-10,14H2,1-3H3,(H3,25,26,27,28,32). The van der Waals surface area contributed by atoms with E-state index < -0.39 is 0 Å². The molecule has 0 atom stereocenters. The fourth-order valence-corrected chi connectivity index (χ4v) is 4.38. The second-order valence-corrected chi connectivity index (χ2v) is 9.63. The second-order valence-electron chi connectivity index (χ2n) is 8.47. The van der Waals surface area contributed by atoms with Crippen LogP contribution in [0.2, 0.25) is 0 Å². The number of nitrogens with zero attached hydrogens (tertiary/aromatic N) is 4. The molecule has 34 heavy (non-hydrogen) atoms. The first-order valence-corrected chi connectivity index (χ1v) is 12.4. The number of hydrogen-bond donors (Lipinski definition) is 3. The predicted molar refractivity (Wildman–Crippen MR) is 140 cm³/mol. The van der Waals surface area contributed by atoms with Crippen LogP contribution in [0, 0.1) is 3.57 Å². The zero-order valence-electron chi connectivity index (χ0n) is 19.9. The van der Waals surface area contributed by atoms with Crippen molar-refractivity contribution in [1.82, 2.24) is 19.8 Å². The van der Waals surface area contributed by atoms with Gasteiger partial charge in [0.25, 0.3) is 0 Å². The number of hydrogen-bond acceptors (Lipinski definition) is 9. The molecular weight excluding hydrogens is 551 g/mol. The highest BCUT2D eigenvalue weighted by atomic mass is 127. The predicted octanol–water partition coefficient (Wildman–Crippen LogP) is 2.53. The summed E-state index contributed by atoms with van der Waals surface area (Å²) in [5.74, 6) is 2.06. The molecule has 1 aliphatic rings. The van der Waals surface area contributed by atoms with Gasteiger partial charge in [0.15, 0.2) is 11.6 Å². The van der Waals surface area contributed by atoms with E-state index >= 15 is 0 Å². The largest absolute Gasteiger partial charge is 0.496 e. The number of nitrogen functional groups attached to an aromatic ring is 1. The first-order valence-electron chi connectivity index (χ1n) is 11.3. The molecule has 186 valence electrons. The van der Waals surface area contributed by atoms with Crippen LogP contribution in [0.15, 0.2) is 18.3 Å². The van der Waals surface area contributed by atoms with Gasteiger partial charge in [0.2, 0.25) is 11.9 Å². The minimum atomic E-state index is -0.191. The molecule has 1 amide bonds. The summed E-state index contributed by atoms with van der Waals surface area (Å²) in [6.07, 6.45) is 2.24. The number of rotatable bonds is 10. The van der Waals surface area contributed by atoms with Crippen LogP contribution < -0.4 is 20.5 Å². The quantitative estimate of drug-likeness (QED) is 0.362. The van der Waals surface area contributed by atoms with Gasteiger partial charge in [-0.1, -0.05) is 13.8 Å². The number of methoxy groups -OCH3 is 1. The van der Waals surface area contributed by atoms with Crippen LogP contribution in [-0.4, -0.2) is 83.8 Å². The number of anilines is 2. The summed E-state index contributed by atoms with van der Waals surface area (Å²) >= 11 is 2.19. The van der Waals surface area contributed by atoms with E-state index in [1.807, 2.05) is 12.1 Å². The maximum atomic E-state index is 12.5. The van der Waals surface area contributed by atoms with E-state index in [0.717, 1.165) is 54.0 Å². The number of amides is 1. The van der Waals surface area contributed by atoms with Crippen molar-refractivity contribution >= 4 is 40.3 Å². The minimum absolute atomic E-state index is 0.142. The molecule has 0 spiro atoms. The lowest BCUT2D eigenvalue weighted by atomic mass is 10.0. The first-order chi connectivity index (χ1) is 16.3. The number of carbonyl (C=O) groups is 1. The summed E-state index contributed by atoms with van der Waals surface area (Å²) in [5, 5.41) is 11.7. The van der Waals surface area contributed by atoms with Gasteiger partial charge >= 0.3 is 0 Å². The first kappa shape index (κ1) is 26.4. The number of nitrogens with two attached hydrogens (primary N) is 1. The second kappa shape index (κ2) is 12.5. The molecule has 2 aromatic rings. The van der Waals surface area contributed by atoms with Crippen LogP contribution in [-0.2, 0) is 4.79 Å². The van der Waals surface area contributed by atoms with E-state index in [9.17, 15) is 4.79 Å². The number of ether oxygens (including phenoxy) is 2. The van der Waals surface area contributed by atoms with Crippen LogP contribution in [0.5, 0.6) is 17.2 Å². The molecule has 1 aliphatic heterocycles. The van der Waals surface area contributed by atoms with Gasteiger partial charge < -0.3 is 25.2 Å². The summed E-state index contributed by atoms with van der Waals surface area (Å²) in [6, 6.07) is 3.85. The molecule has 0 saturated carbocycles. The molecule has 10 nitrogen and oxygen atoms in total. The maximum absolute atomic E-state index is 12.5. The molecule has 1 aromatic carbocycles. The van der Waals surface area contributed by atoms with Crippen molar-refractivity contribution in [2.24, 2.45) is 0 Å². The van der Waals surface area contributed by atoms with Gasteiger partial charge in [0, 0.05) is 44.9 Å². The summed E-state index contributed by atoms with van der Waals surface area (Å²) in [7, 11) is 1.64. The Labute approximate surface area is 214 Å². The summed E-state index contributed by atoms with van der Waals surface area (Å²) in [4.78, 5) is 25.3. The van der Waals surface area contributed by atoms with E-state index in [1.54, 1.807) is 7.11 Å². The van der Waals surface area contributed by atoms with Crippen molar-refractivity contribution in [3.63, 3.8) is 0 Å². The van der Waals surface area contributed by atoms with Crippen molar-refractivity contribution in [1.29, 1.82) is 0 Å². The zero-order valence-corrected chi connectivity index (χ0v) is 22.0. The lowest BCUT2D eigenvalue weighted by molar-refractivity contribution is -0.117. The number of aromatic nitrogens is 2. The van der Waals surface area contributed by atoms with E-state index in [-0.39, 0.29) is 36.7 Å².